The number of halogens is 1. The van der Waals surface area contributed by atoms with Gasteiger partial charge in [-0.1, -0.05) is 24.3 Å². The van der Waals surface area contributed by atoms with E-state index in [1.54, 1.807) is 4.68 Å². The first-order chi connectivity index (χ1) is 18.4. The molecule has 0 radical (unpaired) electrons. The van der Waals surface area contributed by atoms with Crippen molar-refractivity contribution >= 4 is 22.4 Å². The van der Waals surface area contributed by atoms with Gasteiger partial charge in [0.15, 0.2) is 5.65 Å². The Labute approximate surface area is 218 Å². The van der Waals surface area contributed by atoms with Crippen LogP contribution in [0.2, 0.25) is 0 Å². The third-order valence-electron chi connectivity index (χ3n) is 6.49. The summed E-state index contributed by atoms with van der Waals surface area (Å²) in [7, 11) is 4.11. The highest BCUT2D eigenvalue weighted by Crippen LogP contribution is 2.34. The summed E-state index contributed by atoms with van der Waals surface area (Å²) >= 11 is 0. The molecule has 6 rings (SSSR count). The minimum Gasteiger partial charge on any atom is -0.508 e. The first kappa shape index (κ1) is 23.6. The number of nitrogens with two attached hydrogens (primary N) is 1. The zero-order chi connectivity index (χ0) is 26.4. The largest absolute Gasteiger partial charge is 0.508 e. The van der Waals surface area contributed by atoms with Gasteiger partial charge < -0.3 is 20.1 Å². The Hall–Kier alpha value is -4.76. The SMILES string of the molecule is CN(C)Cc1cccc(-c2c(Cn3nc(-c4cc(O)cc(F)c4)c4c(N)ncnc43)cc3ccccn23)c1. The van der Waals surface area contributed by atoms with Crippen LogP contribution in [0.1, 0.15) is 11.1 Å². The van der Waals surface area contributed by atoms with Gasteiger partial charge in [-0.15, -0.1) is 0 Å². The predicted molar refractivity (Wildman–Crippen MR) is 146 cm³/mol. The topological polar surface area (TPSA) is 97.5 Å². The summed E-state index contributed by atoms with van der Waals surface area (Å²) < 4.78 is 18.1. The Morgan fingerprint density at radius 3 is 2.66 bits per heavy atom. The fourth-order valence-corrected chi connectivity index (χ4v) is 5.02. The zero-order valence-corrected chi connectivity index (χ0v) is 21.0. The van der Waals surface area contributed by atoms with Crippen molar-refractivity contribution in [2.45, 2.75) is 13.1 Å². The molecule has 8 nitrogen and oxygen atoms in total. The quantitative estimate of drug-likeness (QED) is 0.331. The molecular formula is C29H26FN7O. The predicted octanol–water partition coefficient (Wildman–Crippen LogP) is 4.95. The number of aromatic nitrogens is 5. The van der Waals surface area contributed by atoms with Crippen LogP contribution in [-0.4, -0.2) is 48.3 Å². The Bertz CT molecular complexity index is 1780. The molecule has 0 aliphatic carbocycles. The van der Waals surface area contributed by atoms with Gasteiger partial charge >= 0.3 is 0 Å². The number of rotatable bonds is 6. The van der Waals surface area contributed by atoms with Crippen LogP contribution in [-0.2, 0) is 13.1 Å². The van der Waals surface area contributed by atoms with Gasteiger partial charge in [-0.05, 0) is 61.6 Å². The number of phenolic OH excluding ortho intramolecular Hbond substituents is 1. The molecule has 0 atom stereocenters. The smallest absolute Gasteiger partial charge is 0.164 e. The molecule has 6 aromatic rings. The zero-order valence-electron chi connectivity index (χ0n) is 21.0. The third-order valence-corrected chi connectivity index (χ3v) is 6.49. The van der Waals surface area contributed by atoms with Crippen molar-refractivity contribution in [3.63, 3.8) is 0 Å². The maximum Gasteiger partial charge on any atom is 0.164 e. The lowest BCUT2D eigenvalue weighted by Crippen LogP contribution is -2.10. The van der Waals surface area contributed by atoms with Gasteiger partial charge in [-0.3, -0.25) is 0 Å². The molecule has 0 spiro atoms. The second-order valence-corrected chi connectivity index (χ2v) is 9.61. The number of fused-ring (bicyclic) bond motifs is 2. The van der Waals surface area contributed by atoms with Crippen molar-refractivity contribution in [2.75, 3.05) is 19.8 Å². The van der Waals surface area contributed by atoms with Crippen molar-refractivity contribution in [3.05, 3.63) is 96.2 Å². The van der Waals surface area contributed by atoms with Crippen LogP contribution in [0.15, 0.2) is 79.3 Å². The molecule has 0 saturated carbocycles. The summed E-state index contributed by atoms with van der Waals surface area (Å²) in [5.74, 6) is -0.535. The van der Waals surface area contributed by atoms with Crippen molar-refractivity contribution in [3.8, 4) is 28.3 Å². The van der Waals surface area contributed by atoms with E-state index in [4.69, 9.17) is 10.8 Å². The van der Waals surface area contributed by atoms with Gasteiger partial charge in [-0.2, -0.15) is 5.10 Å². The second kappa shape index (κ2) is 9.28. The molecular weight excluding hydrogens is 481 g/mol. The molecule has 4 heterocycles. The number of nitrogens with zero attached hydrogens (tertiary/aromatic N) is 6. The molecule has 0 saturated heterocycles. The standard InChI is InChI=1S/C29H26FN7O/c1-35(2)15-18-6-5-7-19(10-18)27-21(12-23-8-3-4-9-36(23)27)16-37-29-25(28(31)32-17-33-29)26(34-37)20-11-22(30)14-24(38)13-20/h3-14,17,38H,15-16H2,1-2H3,(H2,31,32,33). The highest BCUT2D eigenvalue weighted by molar-refractivity contribution is 5.98. The Morgan fingerprint density at radius 1 is 0.974 bits per heavy atom. The number of pyridine rings is 1. The van der Waals surface area contributed by atoms with Crippen LogP contribution in [0.5, 0.6) is 5.75 Å². The van der Waals surface area contributed by atoms with E-state index in [9.17, 15) is 9.50 Å². The Kier molecular flexibility index (Phi) is 5.77. The van der Waals surface area contributed by atoms with Gasteiger partial charge in [0.25, 0.3) is 0 Å². The van der Waals surface area contributed by atoms with Gasteiger partial charge in [0.1, 0.15) is 29.4 Å². The van der Waals surface area contributed by atoms with E-state index in [2.05, 4.69) is 76.0 Å². The number of anilines is 1. The van der Waals surface area contributed by atoms with Crippen LogP contribution in [0.4, 0.5) is 10.2 Å². The van der Waals surface area contributed by atoms with E-state index in [0.29, 0.717) is 28.8 Å². The molecule has 4 aromatic heterocycles. The molecule has 0 bridgehead atoms. The molecule has 0 unspecified atom stereocenters. The summed E-state index contributed by atoms with van der Waals surface area (Å²) in [6.07, 6.45) is 3.44. The molecule has 0 fully saturated rings. The number of benzene rings is 2. The lowest BCUT2D eigenvalue weighted by molar-refractivity contribution is 0.402. The van der Waals surface area contributed by atoms with Crippen molar-refractivity contribution in [1.29, 1.82) is 0 Å². The molecule has 2 aromatic carbocycles. The van der Waals surface area contributed by atoms with E-state index in [-0.39, 0.29) is 11.6 Å². The summed E-state index contributed by atoms with van der Waals surface area (Å²) in [4.78, 5) is 10.8. The number of hydrogen-bond acceptors (Lipinski definition) is 6. The van der Waals surface area contributed by atoms with E-state index in [0.717, 1.165) is 34.9 Å². The van der Waals surface area contributed by atoms with Gasteiger partial charge in [-0.25, -0.2) is 19.0 Å². The third kappa shape index (κ3) is 4.22. The van der Waals surface area contributed by atoms with Gasteiger partial charge in [0.05, 0.1) is 17.6 Å². The van der Waals surface area contributed by atoms with Crippen LogP contribution in [0, 0.1) is 5.82 Å². The van der Waals surface area contributed by atoms with Gasteiger partial charge in [0, 0.05) is 35.5 Å². The molecule has 38 heavy (non-hydrogen) atoms. The van der Waals surface area contributed by atoms with Crippen LogP contribution in [0.3, 0.4) is 0 Å². The molecule has 3 N–H and O–H groups in total. The first-order valence-corrected chi connectivity index (χ1v) is 12.2. The summed E-state index contributed by atoms with van der Waals surface area (Å²) in [5, 5.41) is 15.3. The minimum absolute atomic E-state index is 0.198. The maximum absolute atomic E-state index is 14.2. The Balaban J connectivity index is 1.53. The fourth-order valence-electron chi connectivity index (χ4n) is 5.02. The maximum atomic E-state index is 14.2. The average Bonchev–Trinajstić information content (AvgIpc) is 3.42. The number of aromatic hydroxyl groups is 1. The van der Waals surface area contributed by atoms with E-state index in [1.807, 2.05) is 12.1 Å². The molecule has 9 heteroatoms. The van der Waals surface area contributed by atoms with Crippen molar-refractivity contribution in [2.24, 2.45) is 0 Å². The lowest BCUT2D eigenvalue weighted by atomic mass is 10.0. The average molecular weight is 508 g/mol. The number of nitrogen functional groups attached to an aromatic ring is 1. The minimum atomic E-state index is -0.573. The molecule has 0 amide bonds. The normalized spacial score (nSPS) is 11.7. The summed E-state index contributed by atoms with van der Waals surface area (Å²) in [6, 6.07) is 20.6. The van der Waals surface area contributed by atoms with Crippen LogP contribution < -0.4 is 5.73 Å². The van der Waals surface area contributed by atoms with Crippen LogP contribution in [0.25, 0.3) is 39.1 Å². The molecule has 190 valence electrons. The lowest BCUT2D eigenvalue weighted by Gasteiger charge is -2.13. The highest BCUT2D eigenvalue weighted by atomic mass is 19.1. The molecule has 0 aliphatic rings. The summed E-state index contributed by atoms with van der Waals surface area (Å²) in [6.45, 7) is 1.22. The summed E-state index contributed by atoms with van der Waals surface area (Å²) in [5.41, 5.74) is 13.0. The Morgan fingerprint density at radius 2 is 1.84 bits per heavy atom. The fraction of sp³-hybridized carbons (Fsp3) is 0.138. The van der Waals surface area contributed by atoms with E-state index >= 15 is 0 Å². The van der Waals surface area contributed by atoms with Gasteiger partial charge in [0.2, 0.25) is 0 Å². The monoisotopic (exact) mass is 507 g/mol. The van der Waals surface area contributed by atoms with Crippen molar-refractivity contribution < 1.29 is 9.50 Å². The van der Waals surface area contributed by atoms with E-state index < -0.39 is 5.82 Å². The van der Waals surface area contributed by atoms with Crippen LogP contribution >= 0.6 is 0 Å². The van der Waals surface area contributed by atoms with Crippen molar-refractivity contribution in [1.82, 2.24) is 29.0 Å². The number of phenols is 1. The first-order valence-electron chi connectivity index (χ1n) is 12.2. The molecule has 0 aliphatic heterocycles. The second-order valence-electron chi connectivity index (χ2n) is 9.61. The van der Waals surface area contributed by atoms with E-state index in [1.165, 1.54) is 24.0 Å². The number of hydrogen-bond donors (Lipinski definition) is 2. The highest BCUT2D eigenvalue weighted by Gasteiger charge is 2.21.